The van der Waals surface area contributed by atoms with Crippen molar-refractivity contribution in [2.45, 2.75) is 25.9 Å². The van der Waals surface area contributed by atoms with E-state index in [9.17, 15) is 22.8 Å². The summed E-state index contributed by atoms with van der Waals surface area (Å²) in [4.78, 5) is 24.6. The summed E-state index contributed by atoms with van der Waals surface area (Å²) >= 11 is 0. The van der Waals surface area contributed by atoms with Gasteiger partial charge in [0.15, 0.2) is 0 Å². The van der Waals surface area contributed by atoms with Gasteiger partial charge in [-0.15, -0.1) is 0 Å². The predicted molar refractivity (Wildman–Crippen MR) is 116 cm³/mol. The van der Waals surface area contributed by atoms with E-state index in [1.807, 2.05) is 12.1 Å². The molecule has 4 aromatic rings. The molecule has 6 heteroatoms. The standard InChI is InChI=1S/C25H20F3NO2/c1-15(30)13-14-16-7-5-10-18-17(16)9-6-11-19(18)22-23(25(26,27)28)20-8-3-4-12-21(20)29(2)24(22)31/h3-12H,13-14H2,1-2H3. The van der Waals surface area contributed by atoms with Crippen LogP contribution < -0.4 is 5.56 Å². The molecule has 1 aromatic heterocycles. The van der Waals surface area contributed by atoms with E-state index in [0.29, 0.717) is 18.2 Å². The van der Waals surface area contributed by atoms with Crippen LogP contribution in [0.1, 0.15) is 24.5 Å². The molecule has 0 aliphatic carbocycles. The summed E-state index contributed by atoms with van der Waals surface area (Å²) in [5, 5.41) is 1.28. The van der Waals surface area contributed by atoms with Crippen molar-refractivity contribution in [3.05, 3.63) is 82.1 Å². The van der Waals surface area contributed by atoms with Crippen molar-refractivity contribution in [3.63, 3.8) is 0 Å². The lowest BCUT2D eigenvalue weighted by Crippen LogP contribution is -2.24. The van der Waals surface area contributed by atoms with E-state index < -0.39 is 17.3 Å². The Kier molecular flexibility index (Phi) is 5.17. The molecular weight excluding hydrogens is 403 g/mol. The van der Waals surface area contributed by atoms with Crippen LogP contribution in [-0.4, -0.2) is 10.4 Å². The van der Waals surface area contributed by atoms with E-state index in [-0.39, 0.29) is 27.8 Å². The largest absolute Gasteiger partial charge is 0.417 e. The SMILES string of the molecule is CC(=O)CCc1cccc2c(-c3c(C(F)(F)F)c4ccccc4n(C)c3=O)cccc12. The fourth-order valence-corrected chi connectivity index (χ4v) is 4.16. The molecule has 31 heavy (non-hydrogen) atoms. The third kappa shape index (κ3) is 3.63. The lowest BCUT2D eigenvalue weighted by atomic mass is 9.90. The van der Waals surface area contributed by atoms with Crippen LogP contribution in [-0.2, 0) is 24.4 Å². The highest BCUT2D eigenvalue weighted by Crippen LogP contribution is 2.41. The highest BCUT2D eigenvalue weighted by Gasteiger charge is 2.38. The van der Waals surface area contributed by atoms with Crippen LogP contribution in [0.4, 0.5) is 13.2 Å². The molecule has 1 heterocycles. The first-order chi connectivity index (χ1) is 14.7. The molecule has 0 radical (unpaired) electrons. The molecule has 0 spiro atoms. The van der Waals surface area contributed by atoms with Gasteiger partial charge in [0.2, 0.25) is 0 Å². The number of halogens is 3. The monoisotopic (exact) mass is 423 g/mol. The number of alkyl halides is 3. The lowest BCUT2D eigenvalue weighted by molar-refractivity contribution is -0.135. The Labute approximate surface area is 176 Å². The normalized spacial score (nSPS) is 11.9. The minimum absolute atomic E-state index is 0.0168. The zero-order chi connectivity index (χ0) is 22.3. The average Bonchev–Trinajstić information content (AvgIpc) is 2.73. The van der Waals surface area contributed by atoms with Gasteiger partial charge in [-0.05, 0) is 41.3 Å². The van der Waals surface area contributed by atoms with E-state index in [4.69, 9.17) is 0 Å². The molecule has 158 valence electrons. The predicted octanol–water partition coefficient (Wildman–Crippen LogP) is 5.90. The second-order valence-corrected chi connectivity index (χ2v) is 7.65. The van der Waals surface area contributed by atoms with Crippen LogP contribution in [0.15, 0.2) is 65.5 Å². The number of hydrogen-bond acceptors (Lipinski definition) is 2. The zero-order valence-corrected chi connectivity index (χ0v) is 17.1. The zero-order valence-electron chi connectivity index (χ0n) is 17.1. The molecular formula is C25H20F3NO2. The van der Waals surface area contributed by atoms with Crippen molar-refractivity contribution >= 4 is 27.5 Å². The minimum Gasteiger partial charge on any atom is -0.311 e. The molecule has 3 nitrogen and oxygen atoms in total. The van der Waals surface area contributed by atoms with E-state index in [0.717, 1.165) is 10.9 Å². The highest BCUT2D eigenvalue weighted by atomic mass is 19.4. The number of ketones is 1. The molecule has 4 rings (SSSR count). The second kappa shape index (κ2) is 7.69. The maximum absolute atomic E-state index is 14.3. The number of nitrogens with zero attached hydrogens (tertiary/aromatic N) is 1. The summed E-state index contributed by atoms with van der Waals surface area (Å²) in [5.41, 5.74) is -0.656. The lowest BCUT2D eigenvalue weighted by Gasteiger charge is -2.19. The van der Waals surface area contributed by atoms with Gasteiger partial charge in [-0.3, -0.25) is 4.79 Å². The number of benzene rings is 3. The number of aromatic nitrogens is 1. The van der Waals surface area contributed by atoms with Crippen molar-refractivity contribution in [1.29, 1.82) is 0 Å². The number of carbonyl (C=O) groups is 1. The fraction of sp³-hybridized carbons (Fsp3) is 0.200. The summed E-state index contributed by atoms with van der Waals surface area (Å²) in [6.45, 7) is 1.50. The van der Waals surface area contributed by atoms with Crippen LogP contribution in [0.25, 0.3) is 32.8 Å². The number of fused-ring (bicyclic) bond motifs is 2. The van der Waals surface area contributed by atoms with E-state index in [1.165, 1.54) is 36.7 Å². The molecule has 0 unspecified atom stereocenters. The van der Waals surface area contributed by atoms with Gasteiger partial charge < -0.3 is 9.36 Å². The molecule has 0 aliphatic rings. The van der Waals surface area contributed by atoms with Crippen molar-refractivity contribution in [2.24, 2.45) is 7.05 Å². The van der Waals surface area contributed by atoms with Crippen LogP contribution in [0.3, 0.4) is 0 Å². The Morgan fingerprint density at radius 1 is 0.903 bits per heavy atom. The molecule has 0 saturated heterocycles. The molecule has 0 saturated carbocycles. The van der Waals surface area contributed by atoms with E-state index in [2.05, 4.69) is 0 Å². The van der Waals surface area contributed by atoms with Gasteiger partial charge >= 0.3 is 6.18 Å². The summed E-state index contributed by atoms with van der Waals surface area (Å²) in [6.07, 6.45) is -3.89. The number of Topliss-reactive ketones (excluding diaryl/α,β-unsaturated/α-hetero) is 1. The van der Waals surface area contributed by atoms with Crippen molar-refractivity contribution < 1.29 is 18.0 Å². The third-order valence-corrected chi connectivity index (χ3v) is 5.61. The first-order valence-corrected chi connectivity index (χ1v) is 9.89. The van der Waals surface area contributed by atoms with E-state index in [1.54, 1.807) is 30.3 Å². The molecule has 3 aromatic carbocycles. The average molecular weight is 423 g/mol. The summed E-state index contributed by atoms with van der Waals surface area (Å²) in [6, 6.07) is 16.4. The van der Waals surface area contributed by atoms with Gasteiger partial charge in [-0.25, -0.2) is 0 Å². The summed E-state index contributed by atoms with van der Waals surface area (Å²) in [5.74, 6) is 0.0379. The number of hydrogen-bond donors (Lipinski definition) is 0. The first-order valence-electron chi connectivity index (χ1n) is 9.89. The topological polar surface area (TPSA) is 39.1 Å². The van der Waals surface area contributed by atoms with Crippen molar-refractivity contribution in [2.75, 3.05) is 0 Å². The number of aryl methyl sites for hydroxylation is 2. The van der Waals surface area contributed by atoms with Gasteiger partial charge in [-0.1, -0.05) is 54.6 Å². The Morgan fingerprint density at radius 2 is 1.55 bits per heavy atom. The highest BCUT2D eigenvalue weighted by molar-refractivity contribution is 6.01. The van der Waals surface area contributed by atoms with E-state index >= 15 is 0 Å². The second-order valence-electron chi connectivity index (χ2n) is 7.65. The van der Waals surface area contributed by atoms with Crippen LogP contribution in [0.2, 0.25) is 0 Å². The maximum Gasteiger partial charge on any atom is 0.417 e. The summed E-state index contributed by atoms with van der Waals surface area (Å²) in [7, 11) is 1.48. The maximum atomic E-state index is 14.3. The number of rotatable bonds is 4. The molecule has 0 atom stereocenters. The Balaban J connectivity index is 2.11. The van der Waals surface area contributed by atoms with Crippen LogP contribution >= 0.6 is 0 Å². The Hall–Kier alpha value is -3.41. The van der Waals surface area contributed by atoms with Crippen LogP contribution in [0.5, 0.6) is 0 Å². The molecule has 0 aliphatic heterocycles. The number of para-hydroxylation sites is 1. The van der Waals surface area contributed by atoms with Crippen molar-refractivity contribution in [1.82, 2.24) is 4.57 Å². The quantitative estimate of drug-likeness (QED) is 0.410. The van der Waals surface area contributed by atoms with Gasteiger partial charge in [0.1, 0.15) is 5.78 Å². The first kappa shape index (κ1) is 20.8. The number of pyridine rings is 1. The Morgan fingerprint density at radius 3 is 2.26 bits per heavy atom. The third-order valence-electron chi connectivity index (χ3n) is 5.61. The molecule has 0 N–H and O–H groups in total. The summed E-state index contributed by atoms with van der Waals surface area (Å²) < 4.78 is 44.1. The molecule has 0 amide bonds. The minimum atomic E-state index is -4.71. The number of carbonyl (C=O) groups excluding carboxylic acids is 1. The van der Waals surface area contributed by atoms with Crippen molar-refractivity contribution in [3.8, 4) is 11.1 Å². The fourth-order valence-electron chi connectivity index (χ4n) is 4.16. The molecule has 0 bridgehead atoms. The van der Waals surface area contributed by atoms with Gasteiger partial charge in [0.05, 0.1) is 16.6 Å². The van der Waals surface area contributed by atoms with Gasteiger partial charge in [0, 0.05) is 18.9 Å². The smallest absolute Gasteiger partial charge is 0.311 e. The molecule has 0 fully saturated rings. The van der Waals surface area contributed by atoms with Crippen LogP contribution in [0, 0.1) is 0 Å². The van der Waals surface area contributed by atoms with Gasteiger partial charge in [-0.2, -0.15) is 13.2 Å². The Bertz CT molecular complexity index is 1380. The van der Waals surface area contributed by atoms with Gasteiger partial charge in [0.25, 0.3) is 5.56 Å².